The molecule has 0 aliphatic carbocycles. The number of hydrazone groups is 1. The van der Waals surface area contributed by atoms with Crippen LogP contribution in [0, 0.1) is 0 Å². The van der Waals surface area contributed by atoms with E-state index in [1.807, 2.05) is 85.7 Å². The molecule has 0 atom stereocenters. The molecule has 0 saturated carbocycles. The maximum atomic E-state index is 11.9. The molecule has 0 saturated heterocycles. The number of ether oxygens (including phenoxy) is 1. The second-order valence-corrected chi connectivity index (χ2v) is 6.08. The highest BCUT2D eigenvalue weighted by molar-refractivity contribution is 5.85. The van der Waals surface area contributed by atoms with Gasteiger partial charge in [-0.05, 0) is 40.6 Å². The number of nitrogens with one attached hydrogen (secondary N) is 1. The lowest BCUT2D eigenvalue weighted by Crippen LogP contribution is -2.24. The van der Waals surface area contributed by atoms with Gasteiger partial charge in [0.05, 0.1) is 6.21 Å². The summed E-state index contributed by atoms with van der Waals surface area (Å²) in [4.78, 5) is 13.9. The van der Waals surface area contributed by atoms with E-state index in [4.69, 9.17) is 4.74 Å². The molecule has 5 heteroatoms. The standard InChI is InChI=1S/C21H21N3O2/c1-24(2)19-10-7-16(8-11-19)14-22-23-21(25)15-26-20-12-9-17-5-3-4-6-18(17)13-20/h3-14H,15H2,1-2H3,(H,23,25)/b22-14-. The highest BCUT2D eigenvalue weighted by Gasteiger charge is 2.02. The van der Waals surface area contributed by atoms with Gasteiger partial charge in [-0.15, -0.1) is 0 Å². The molecular formula is C21H21N3O2. The van der Waals surface area contributed by atoms with E-state index < -0.39 is 0 Å². The summed E-state index contributed by atoms with van der Waals surface area (Å²) in [5.41, 5.74) is 4.49. The normalized spacial score (nSPS) is 10.8. The zero-order valence-electron chi connectivity index (χ0n) is 14.8. The zero-order valence-corrected chi connectivity index (χ0v) is 14.8. The molecule has 0 heterocycles. The summed E-state index contributed by atoms with van der Waals surface area (Å²) in [6, 6.07) is 21.6. The van der Waals surface area contributed by atoms with Crippen LogP contribution in [-0.2, 0) is 4.79 Å². The van der Waals surface area contributed by atoms with Gasteiger partial charge in [0.2, 0.25) is 0 Å². The van der Waals surface area contributed by atoms with Crippen molar-refractivity contribution >= 4 is 28.6 Å². The van der Waals surface area contributed by atoms with Crippen LogP contribution in [0.2, 0.25) is 0 Å². The van der Waals surface area contributed by atoms with Crippen LogP contribution in [0.4, 0.5) is 5.69 Å². The Morgan fingerprint density at radius 2 is 1.77 bits per heavy atom. The quantitative estimate of drug-likeness (QED) is 0.549. The zero-order chi connectivity index (χ0) is 18.4. The fourth-order valence-electron chi connectivity index (χ4n) is 2.48. The van der Waals surface area contributed by atoms with Crippen LogP contribution in [0.5, 0.6) is 5.75 Å². The van der Waals surface area contributed by atoms with E-state index in [1.165, 1.54) is 0 Å². The summed E-state index contributed by atoms with van der Waals surface area (Å²) in [5, 5.41) is 6.17. The van der Waals surface area contributed by atoms with Gasteiger partial charge in [-0.1, -0.05) is 42.5 Å². The lowest BCUT2D eigenvalue weighted by atomic mass is 10.1. The molecule has 3 aromatic carbocycles. The number of nitrogens with zero attached hydrogens (tertiary/aromatic N) is 2. The third kappa shape index (κ3) is 4.60. The van der Waals surface area contributed by atoms with Crippen LogP contribution >= 0.6 is 0 Å². The maximum Gasteiger partial charge on any atom is 0.277 e. The number of benzene rings is 3. The fourth-order valence-corrected chi connectivity index (χ4v) is 2.48. The van der Waals surface area contributed by atoms with Gasteiger partial charge < -0.3 is 9.64 Å². The van der Waals surface area contributed by atoms with Crippen molar-refractivity contribution in [1.29, 1.82) is 0 Å². The first kappa shape index (κ1) is 17.5. The molecular weight excluding hydrogens is 326 g/mol. The summed E-state index contributed by atoms with van der Waals surface area (Å²) >= 11 is 0. The van der Waals surface area contributed by atoms with Crippen molar-refractivity contribution in [2.24, 2.45) is 5.10 Å². The van der Waals surface area contributed by atoms with Crippen molar-refractivity contribution in [2.75, 3.05) is 25.6 Å². The molecule has 0 bridgehead atoms. The Hall–Kier alpha value is -3.34. The van der Waals surface area contributed by atoms with E-state index in [2.05, 4.69) is 10.5 Å². The van der Waals surface area contributed by atoms with Crippen LogP contribution < -0.4 is 15.1 Å². The Morgan fingerprint density at radius 1 is 1.04 bits per heavy atom. The molecule has 0 aliphatic heterocycles. The average Bonchev–Trinajstić information content (AvgIpc) is 2.66. The fraction of sp³-hybridized carbons (Fsp3) is 0.143. The van der Waals surface area contributed by atoms with Gasteiger partial charge >= 0.3 is 0 Å². The number of carbonyl (C=O) groups is 1. The lowest BCUT2D eigenvalue weighted by Gasteiger charge is -2.11. The van der Waals surface area contributed by atoms with Gasteiger partial charge in [-0.3, -0.25) is 4.79 Å². The Labute approximate surface area is 152 Å². The maximum absolute atomic E-state index is 11.9. The Morgan fingerprint density at radius 3 is 2.50 bits per heavy atom. The van der Waals surface area contributed by atoms with Crippen molar-refractivity contribution in [1.82, 2.24) is 5.43 Å². The monoisotopic (exact) mass is 347 g/mol. The molecule has 5 nitrogen and oxygen atoms in total. The van der Waals surface area contributed by atoms with Crippen LogP contribution in [0.15, 0.2) is 71.8 Å². The van der Waals surface area contributed by atoms with E-state index >= 15 is 0 Å². The summed E-state index contributed by atoms with van der Waals surface area (Å²) in [6.07, 6.45) is 1.60. The molecule has 3 aromatic rings. The van der Waals surface area contributed by atoms with Crippen molar-refractivity contribution in [3.8, 4) is 5.75 Å². The summed E-state index contributed by atoms with van der Waals surface area (Å²) < 4.78 is 5.53. The first-order valence-electron chi connectivity index (χ1n) is 8.33. The smallest absolute Gasteiger partial charge is 0.277 e. The largest absolute Gasteiger partial charge is 0.484 e. The van der Waals surface area contributed by atoms with Crippen LogP contribution in [-0.4, -0.2) is 32.8 Å². The molecule has 0 fully saturated rings. The third-order valence-corrected chi connectivity index (χ3v) is 3.90. The van der Waals surface area contributed by atoms with Gasteiger partial charge in [-0.2, -0.15) is 5.10 Å². The molecule has 1 N–H and O–H groups in total. The van der Waals surface area contributed by atoms with Gasteiger partial charge in [0.15, 0.2) is 6.61 Å². The highest BCUT2D eigenvalue weighted by Crippen LogP contribution is 2.20. The second-order valence-electron chi connectivity index (χ2n) is 6.08. The predicted octanol–water partition coefficient (Wildman–Crippen LogP) is 3.43. The molecule has 0 aromatic heterocycles. The van der Waals surface area contributed by atoms with E-state index in [9.17, 15) is 4.79 Å². The van der Waals surface area contributed by atoms with Gasteiger partial charge in [0, 0.05) is 19.8 Å². The summed E-state index contributed by atoms with van der Waals surface area (Å²) in [7, 11) is 3.97. The number of carbonyl (C=O) groups excluding carboxylic acids is 1. The molecule has 132 valence electrons. The van der Waals surface area contributed by atoms with Crippen LogP contribution in [0.3, 0.4) is 0 Å². The van der Waals surface area contributed by atoms with Gasteiger partial charge in [0.1, 0.15) is 5.75 Å². The number of hydrogen-bond acceptors (Lipinski definition) is 4. The third-order valence-electron chi connectivity index (χ3n) is 3.90. The van der Waals surface area contributed by atoms with Crippen molar-refractivity contribution < 1.29 is 9.53 Å². The number of rotatable bonds is 6. The summed E-state index contributed by atoms with van der Waals surface area (Å²) in [5.74, 6) is 0.349. The van der Waals surface area contributed by atoms with Gasteiger partial charge in [0.25, 0.3) is 5.91 Å². The number of amides is 1. The number of anilines is 1. The minimum absolute atomic E-state index is 0.0880. The van der Waals surface area contributed by atoms with Crippen molar-refractivity contribution in [3.05, 3.63) is 72.3 Å². The van der Waals surface area contributed by atoms with Crippen LogP contribution in [0.25, 0.3) is 10.8 Å². The molecule has 26 heavy (non-hydrogen) atoms. The Bertz CT molecular complexity index is 918. The second kappa shape index (κ2) is 8.16. The highest BCUT2D eigenvalue weighted by atomic mass is 16.5. The number of hydrogen-bond donors (Lipinski definition) is 1. The molecule has 0 aliphatic rings. The van der Waals surface area contributed by atoms with E-state index in [0.29, 0.717) is 5.75 Å². The summed E-state index contributed by atoms with van der Waals surface area (Å²) in [6.45, 7) is -0.0880. The first-order valence-corrected chi connectivity index (χ1v) is 8.33. The molecule has 1 amide bonds. The minimum atomic E-state index is -0.306. The van der Waals surface area contributed by atoms with Crippen molar-refractivity contribution in [3.63, 3.8) is 0 Å². The first-order chi connectivity index (χ1) is 12.6. The lowest BCUT2D eigenvalue weighted by molar-refractivity contribution is -0.123. The van der Waals surface area contributed by atoms with Crippen molar-refractivity contribution in [2.45, 2.75) is 0 Å². The predicted molar refractivity (Wildman–Crippen MR) is 106 cm³/mol. The molecule has 0 spiro atoms. The topological polar surface area (TPSA) is 53.9 Å². The molecule has 0 unspecified atom stereocenters. The Kier molecular flexibility index (Phi) is 5.49. The molecule has 0 radical (unpaired) electrons. The van der Waals surface area contributed by atoms with E-state index in [-0.39, 0.29) is 12.5 Å². The van der Waals surface area contributed by atoms with Gasteiger partial charge in [-0.25, -0.2) is 5.43 Å². The van der Waals surface area contributed by atoms with E-state index in [0.717, 1.165) is 22.0 Å². The van der Waals surface area contributed by atoms with Crippen LogP contribution in [0.1, 0.15) is 5.56 Å². The Balaban J connectivity index is 1.50. The SMILES string of the molecule is CN(C)c1ccc(/C=N\NC(=O)COc2ccc3ccccc3c2)cc1. The average molecular weight is 347 g/mol. The minimum Gasteiger partial charge on any atom is -0.484 e. The molecule has 3 rings (SSSR count). The number of fused-ring (bicyclic) bond motifs is 1. The van der Waals surface area contributed by atoms with E-state index in [1.54, 1.807) is 6.21 Å².